The number of hydrogen-bond donors (Lipinski definition) is 1. The number of halogens is 1. The Morgan fingerprint density at radius 3 is 2.93 bits per heavy atom. The molecule has 0 aliphatic rings. The first kappa shape index (κ1) is 10.9. The lowest BCUT2D eigenvalue weighted by Crippen LogP contribution is -2.02. The van der Waals surface area contributed by atoms with E-state index in [1.165, 1.54) is 5.54 Å². The number of para-hydroxylation sites is 1. The van der Waals surface area contributed by atoms with Gasteiger partial charge in [-0.15, -0.1) is 0 Å². The van der Waals surface area contributed by atoms with Crippen LogP contribution in [-0.2, 0) is 0 Å². The lowest BCUT2D eigenvalue weighted by molar-refractivity contribution is 0.354. The number of aryl methyl sites for hydroxylation is 1. The molecule has 0 unspecified atom stereocenters. The molecule has 0 heterocycles. The van der Waals surface area contributed by atoms with Crippen LogP contribution < -0.4 is 10.5 Å². The van der Waals surface area contributed by atoms with Gasteiger partial charge in [-0.3, -0.25) is 0 Å². The SMILES string of the molecule is C/C(=C/Cl)COc1cccc(C)c1N. The fourth-order valence-corrected chi connectivity index (χ4v) is 1.07. The van der Waals surface area contributed by atoms with Gasteiger partial charge in [0.15, 0.2) is 0 Å². The summed E-state index contributed by atoms with van der Waals surface area (Å²) in [5.41, 5.74) is 10.0. The van der Waals surface area contributed by atoms with Crippen molar-refractivity contribution in [3.8, 4) is 5.75 Å². The smallest absolute Gasteiger partial charge is 0.142 e. The zero-order chi connectivity index (χ0) is 10.6. The Kier molecular flexibility index (Phi) is 3.84. The Hall–Kier alpha value is -1.15. The minimum Gasteiger partial charge on any atom is -0.487 e. The molecule has 0 saturated carbocycles. The molecule has 0 spiro atoms. The zero-order valence-electron chi connectivity index (χ0n) is 8.38. The average molecular weight is 212 g/mol. The van der Waals surface area contributed by atoms with Gasteiger partial charge in [-0.2, -0.15) is 0 Å². The van der Waals surface area contributed by atoms with Crippen LogP contribution in [0, 0.1) is 6.92 Å². The molecule has 0 aromatic heterocycles. The van der Waals surface area contributed by atoms with Crippen molar-refractivity contribution >= 4 is 17.3 Å². The first-order chi connectivity index (χ1) is 6.65. The molecule has 2 nitrogen and oxygen atoms in total. The first-order valence-electron chi connectivity index (χ1n) is 4.39. The minimum absolute atomic E-state index is 0.469. The molecule has 0 aliphatic carbocycles. The Morgan fingerprint density at radius 1 is 1.57 bits per heavy atom. The van der Waals surface area contributed by atoms with E-state index in [0.29, 0.717) is 18.0 Å². The summed E-state index contributed by atoms with van der Waals surface area (Å²) < 4.78 is 5.49. The molecule has 0 fully saturated rings. The van der Waals surface area contributed by atoms with Crippen molar-refractivity contribution in [2.75, 3.05) is 12.3 Å². The number of rotatable bonds is 3. The second kappa shape index (κ2) is 4.91. The highest BCUT2D eigenvalue weighted by molar-refractivity contribution is 6.25. The van der Waals surface area contributed by atoms with Crippen LogP contribution >= 0.6 is 11.6 Å². The van der Waals surface area contributed by atoms with Gasteiger partial charge in [-0.25, -0.2) is 0 Å². The molecule has 2 N–H and O–H groups in total. The largest absolute Gasteiger partial charge is 0.487 e. The number of ether oxygens (including phenoxy) is 1. The molecule has 1 rings (SSSR count). The van der Waals surface area contributed by atoms with Gasteiger partial charge >= 0.3 is 0 Å². The molecule has 3 heteroatoms. The highest BCUT2D eigenvalue weighted by Crippen LogP contribution is 2.24. The monoisotopic (exact) mass is 211 g/mol. The molecule has 0 atom stereocenters. The van der Waals surface area contributed by atoms with E-state index >= 15 is 0 Å². The third kappa shape index (κ3) is 2.67. The number of nitrogens with two attached hydrogens (primary N) is 1. The van der Waals surface area contributed by atoms with Gasteiger partial charge in [0, 0.05) is 5.54 Å². The van der Waals surface area contributed by atoms with Gasteiger partial charge in [0.05, 0.1) is 5.69 Å². The predicted molar refractivity (Wildman–Crippen MR) is 60.7 cm³/mol. The minimum atomic E-state index is 0.469. The first-order valence-corrected chi connectivity index (χ1v) is 4.82. The third-order valence-corrected chi connectivity index (χ3v) is 2.30. The van der Waals surface area contributed by atoms with Crippen molar-refractivity contribution in [2.45, 2.75) is 13.8 Å². The molecule has 0 saturated heterocycles. The van der Waals surface area contributed by atoms with Gasteiger partial charge in [-0.05, 0) is 31.1 Å². The molecular weight excluding hydrogens is 198 g/mol. The highest BCUT2D eigenvalue weighted by atomic mass is 35.5. The standard InChI is InChI=1S/C11H14ClNO/c1-8(6-12)7-14-10-5-3-4-9(2)11(10)13/h3-6H,7,13H2,1-2H3/b8-6-. The average Bonchev–Trinajstić information content (AvgIpc) is 2.20. The van der Waals surface area contributed by atoms with Crippen LogP contribution in [0.3, 0.4) is 0 Å². The molecular formula is C11H14ClNO. The van der Waals surface area contributed by atoms with Gasteiger partial charge in [0.1, 0.15) is 12.4 Å². The Balaban J connectivity index is 2.73. The quantitative estimate of drug-likeness (QED) is 0.780. The maximum atomic E-state index is 5.83. The van der Waals surface area contributed by atoms with Crippen LogP contribution in [0.1, 0.15) is 12.5 Å². The van der Waals surface area contributed by atoms with Gasteiger partial charge in [-0.1, -0.05) is 23.7 Å². The van der Waals surface area contributed by atoms with Crippen molar-refractivity contribution in [2.24, 2.45) is 0 Å². The molecule has 1 aromatic rings. The van der Waals surface area contributed by atoms with Crippen LogP contribution in [0.5, 0.6) is 5.75 Å². The van der Waals surface area contributed by atoms with Gasteiger partial charge in [0.2, 0.25) is 0 Å². The summed E-state index contributed by atoms with van der Waals surface area (Å²) in [5, 5.41) is 0. The van der Waals surface area contributed by atoms with Crippen LogP contribution in [0.25, 0.3) is 0 Å². The summed E-state index contributed by atoms with van der Waals surface area (Å²) in [5.74, 6) is 0.711. The van der Waals surface area contributed by atoms with Gasteiger partial charge in [0.25, 0.3) is 0 Å². The van der Waals surface area contributed by atoms with Crippen LogP contribution in [0.2, 0.25) is 0 Å². The van der Waals surface area contributed by atoms with E-state index in [1.807, 2.05) is 32.0 Å². The number of benzene rings is 1. The summed E-state index contributed by atoms with van der Waals surface area (Å²) in [4.78, 5) is 0. The fourth-order valence-electron chi connectivity index (χ4n) is 1.00. The number of hydrogen-bond acceptors (Lipinski definition) is 2. The second-order valence-corrected chi connectivity index (χ2v) is 3.45. The van der Waals surface area contributed by atoms with E-state index in [9.17, 15) is 0 Å². The molecule has 0 radical (unpaired) electrons. The van der Waals surface area contributed by atoms with E-state index in [0.717, 1.165) is 11.1 Å². The van der Waals surface area contributed by atoms with Crippen molar-refractivity contribution in [3.63, 3.8) is 0 Å². The second-order valence-electron chi connectivity index (χ2n) is 3.23. The number of anilines is 1. The van der Waals surface area contributed by atoms with Crippen molar-refractivity contribution < 1.29 is 4.74 Å². The van der Waals surface area contributed by atoms with E-state index in [2.05, 4.69) is 0 Å². The number of nitrogen functional groups attached to an aromatic ring is 1. The summed E-state index contributed by atoms with van der Waals surface area (Å²) >= 11 is 5.52. The van der Waals surface area contributed by atoms with Gasteiger partial charge < -0.3 is 10.5 Å². The maximum absolute atomic E-state index is 5.83. The lowest BCUT2D eigenvalue weighted by atomic mass is 10.2. The molecule has 0 amide bonds. The Labute approximate surface area is 89.3 Å². The Morgan fingerprint density at radius 2 is 2.29 bits per heavy atom. The topological polar surface area (TPSA) is 35.2 Å². The van der Waals surface area contributed by atoms with E-state index in [1.54, 1.807) is 0 Å². The normalized spacial score (nSPS) is 11.5. The van der Waals surface area contributed by atoms with Crippen LogP contribution in [0.15, 0.2) is 29.3 Å². The summed E-state index contributed by atoms with van der Waals surface area (Å²) in [7, 11) is 0. The molecule has 0 aliphatic heterocycles. The lowest BCUT2D eigenvalue weighted by Gasteiger charge is -2.10. The molecule has 1 aromatic carbocycles. The van der Waals surface area contributed by atoms with Crippen molar-refractivity contribution in [1.29, 1.82) is 0 Å². The Bertz CT molecular complexity index is 347. The fraction of sp³-hybridized carbons (Fsp3) is 0.273. The van der Waals surface area contributed by atoms with Crippen molar-refractivity contribution in [3.05, 3.63) is 34.9 Å². The maximum Gasteiger partial charge on any atom is 0.142 e. The summed E-state index contributed by atoms with van der Waals surface area (Å²) in [6.07, 6.45) is 0. The van der Waals surface area contributed by atoms with E-state index in [-0.39, 0.29) is 0 Å². The highest BCUT2D eigenvalue weighted by Gasteiger charge is 2.01. The summed E-state index contributed by atoms with van der Waals surface area (Å²) in [6, 6.07) is 5.72. The molecule has 14 heavy (non-hydrogen) atoms. The van der Waals surface area contributed by atoms with Crippen LogP contribution in [-0.4, -0.2) is 6.61 Å². The van der Waals surface area contributed by atoms with Crippen molar-refractivity contribution in [1.82, 2.24) is 0 Å². The molecule has 76 valence electrons. The van der Waals surface area contributed by atoms with E-state index < -0.39 is 0 Å². The molecule has 0 bridgehead atoms. The third-order valence-electron chi connectivity index (χ3n) is 1.93. The summed E-state index contributed by atoms with van der Waals surface area (Å²) in [6.45, 7) is 4.32. The van der Waals surface area contributed by atoms with Crippen LogP contribution in [0.4, 0.5) is 5.69 Å². The predicted octanol–water partition coefficient (Wildman–Crippen LogP) is 3.10. The van der Waals surface area contributed by atoms with E-state index in [4.69, 9.17) is 22.1 Å². The zero-order valence-corrected chi connectivity index (χ0v) is 9.14.